The third kappa shape index (κ3) is 4.13. The summed E-state index contributed by atoms with van der Waals surface area (Å²) in [5, 5.41) is 2.39. The van der Waals surface area contributed by atoms with Crippen LogP contribution in [0, 0.1) is 0 Å². The van der Waals surface area contributed by atoms with Crippen molar-refractivity contribution in [1.29, 1.82) is 0 Å². The molecule has 1 aliphatic heterocycles. The zero-order valence-electron chi connectivity index (χ0n) is 17.1. The monoisotopic (exact) mass is 436 g/mol. The molecule has 0 saturated carbocycles. The van der Waals surface area contributed by atoms with E-state index in [1.165, 1.54) is 0 Å². The number of ether oxygens (including phenoxy) is 2. The van der Waals surface area contributed by atoms with Crippen molar-refractivity contribution in [3.05, 3.63) is 65.7 Å². The number of fused-ring (bicyclic) bond motifs is 1. The highest BCUT2D eigenvalue weighted by Crippen LogP contribution is 2.39. The van der Waals surface area contributed by atoms with Crippen molar-refractivity contribution in [3.8, 4) is 16.9 Å². The summed E-state index contributed by atoms with van der Waals surface area (Å²) in [6, 6.07) is 18.7. The summed E-state index contributed by atoms with van der Waals surface area (Å²) in [6.45, 7) is 2.00. The smallest absolute Gasteiger partial charge is 0.375 e. The van der Waals surface area contributed by atoms with Gasteiger partial charge in [-0.05, 0) is 66.6 Å². The molecule has 3 aromatic carbocycles. The molecule has 0 aromatic heterocycles. The van der Waals surface area contributed by atoms with Crippen LogP contribution in [0.25, 0.3) is 11.1 Å². The number of nitrogens with two attached hydrogens (primary N) is 1. The van der Waals surface area contributed by atoms with Crippen molar-refractivity contribution in [2.24, 2.45) is 4.99 Å². The van der Waals surface area contributed by atoms with Crippen LogP contribution < -0.4 is 20.9 Å². The zero-order valence-corrected chi connectivity index (χ0v) is 17.8. The minimum Gasteiger partial charge on any atom is -0.495 e. The fourth-order valence-corrected chi connectivity index (χ4v) is 3.39. The van der Waals surface area contributed by atoms with Gasteiger partial charge < -0.3 is 15.2 Å². The average Bonchev–Trinajstić information content (AvgIpc) is 2.79. The summed E-state index contributed by atoms with van der Waals surface area (Å²) < 4.78 is 10.5. The number of carbonyl (C=O) groups excluding carboxylic acids is 1. The Balaban J connectivity index is 1.82. The third-order valence-electron chi connectivity index (χ3n) is 4.79. The van der Waals surface area contributed by atoms with Crippen molar-refractivity contribution >= 4 is 46.2 Å². The Hall–Kier alpha value is -3.71. The molecule has 0 saturated heterocycles. The molecular weight excluding hydrogens is 416 g/mol. The number of amidine groups is 1. The minimum atomic E-state index is -0.528. The molecule has 0 unspecified atom stereocenters. The van der Waals surface area contributed by atoms with E-state index in [0.717, 1.165) is 22.5 Å². The lowest BCUT2D eigenvalue weighted by atomic mass is 10.0. The molecule has 158 valence electrons. The predicted molar refractivity (Wildman–Crippen MR) is 123 cm³/mol. The number of halogens is 1. The Labute approximate surface area is 185 Å². The van der Waals surface area contributed by atoms with E-state index in [4.69, 9.17) is 26.8 Å². The molecule has 8 heteroatoms. The van der Waals surface area contributed by atoms with Crippen molar-refractivity contribution < 1.29 is 14.3 Å². The number of anilines is 3. The van der Waals surface area contributed by atoms with Crippen LogP contribution in [0.4, 0.5) is 22.7 Å². The van der Waals surface area contributed by atoms with E-state index in [0.29, 0.717) is 22.1 Å². The number of benzene rings is 3. The molecule has 4 rings (SSSR count). The van der Waals surface area contributed by atoms with Crippen molar-refractivity contribution in [2.45, 2.75) is 6.92 Å². The number of rotatable bonds is 5. The fourth-order valence-electron chi connectivity index (χ4n) is 3.26. The second-order valence-corrected chi connectivity index (χ2v) is 7.20. The molecule has 1 heterocycles. The molecular formula is C23H21ClN4O3. The molecule has 3 aromatic rings. The Morgan fingerprint density at radius 3 is 2.52 bits per heavy atom. The van der Waals surface area contributed by atoms with E-state index >= 15 is 0 Å². The zero-order chi connectivity index (χ0) is 22.0. The van der Waals surface area contributed by atoms with Crippen LogP contribution in [0.15, 0.2) is 65.7 Å². The van der Waals surface area contributed by atoms with Gasteiger partial charge in [0.25, 0.3) is 0 Å². The largest absolute Gasteiger partial charge is 0.495 e. The van der Waals surface area contributed by atoms with E-state index in [2.05, 4.69) is 10.4 Å². The van der Waals surface area contributed by atoms with Crippen LogP contribution in [-0.4, -0.2) is 25.5 Å². The van der Waals surface area contributed by atoms with Crippen LogP contribution in [0.5, 0.6) is 5.75 Å². The van der Waals surface area contributed by atoms with Crippen LogP contribution in [-0.2, 0) is 9.53 Å². The number of hydrogen-bond donors (Lipinski definition) is 2. The summed E-state index contributed by atoms with van der Waals surface area (Å²) in [4.78, 5) is 16.8. The highest BCUT2D eigenvalue weighted by Gasteiger charge is 2.26. The first-order chi connectivity index (χ1) is 15.0. The lowest BCUT2D eigenvalue weighted by molar-refractivity contribution is -0.135. The lowest BCUT2D eigenvalue weighted by Gasteiger charge is -2.31. The van der Waals surface area contributed by atoms with Gasteiger partial charge in [0.1, 0.15) is 5.75 Å². The van der Waals surface area contributed by atoms with Gasteiger partial charge in [0.15, 0.2) is 0 Å². The van der Waals surface area contributed by atoms with Gasteiger partial charge in [-0.25, -0.2) is 9.79 Å². The highest BCUT2D eigenvalue weighted by atomic mass is 35.5. The molecule has 0 radical (unpaired) electrons. The minimum absolute atomic E-state index is 0.103. The van der Waals surface area contributed by atoms with Crippen molar-refractivity contribution in [1.82, 2.24) is 5.43 Å². The number of nitrogens with one attached hydrogen (secondary N) is 1. The fraction of sp³-hybridized carbons (Fsp3) is 0.130. The molecule has 0 bridgehead atoms. The first kappa shape index (κ1) is 20.6. The van der Waals surface area contributed by atoms with Gasteiger partial charge in [0.2, 0.25) is 5.84 Å². The molecule has 0 fully saturated rings. The summed E-state index contributed by atoms with van der Waals surface area (Å²) in [6.07, 6.45) is 0. The SMILES string of the molecule is CCOC(=O)C1=Nc2ccc(-c3ccc(N)c(OC)c3)cc2N(c2ccc(Cl)cc2)N1. The van der Waals surface area contributed by atoms with Crippen molar-refractivity contribution in [3.63, 3.8) is 0 Å². The third-order valence-corrected chi connectivity index (χ3v) is 5.04. The molecule has 31 heavy (non-hydrogen) atoms. The molecule has 7 nitrogen and oxygen atoms in total. The second-order valence-electron chi connectivity index (χ2n) is 6.76. The molecule has 0 spiro atoms. The Morgan fingerprint density at radius 2 is 1.81 bits per heavy atom. The Morgan fingerprint density at radius 1 is 1.10 bits per heavy atom. The average molecular weight is 437 g/mol. The number of carbonyl (C=O) groups is 1. The lowest BCUT2D eigenvalue weighted by Crippen LogP contribution is -2.45. The van der Waals surface area contributed by atoms with Gasteiger partial charge in [0, 0.05) is 5.02 Å². The summed E-state index contributed by atoms with van der Waals surface area (Å²) >= 11 is 6.06. The predicted octanol–water partition coefficient (Wildman–Crippen LogP) is 4.85. The number of aliphatic imine (C=N–C) groups is 1. The number of esters is 1. The van der Waals surface area contributed by atoms with Gasteiger partial charge in [-0.2, -0.15) is 0 Å². The molecule has 0 amide bonds. The van der Waals surface area contributed by atoms with Gasteiger partial charge in [-0.3, -0.25) is 10.4 Å². The second kappa shape index (κ2) is 8.57. The van der Waals surface area contributed by atoms with Crippen LogP contribution in [0.2, 0.25) is 5.02 Å². The highest BCUT2D eigenvalue weighted by molar-refractivity contribution is 6.37. The van der Waals surface area contributed by atoms with E-state index < -0.39 is 5.97 Å². The Bertz CT molecular complexity index is 1160. The normalized spacial score (nSPS) is 12.5. The maximum absolute atomic E-state index is 12.3. The van der Waals surface area contributed by atoms with Crippen LogP contribution >= 0.6 is 11.6 Å². The number of methoxy groups -OCH3 is 1. The maximum Gasteiger partial charge on any atom is 0.375 e. The van der Waals surface area contributed by atoms with E-state index in [-0.39, 0.29) is 12.4 Å². The molecule has 0 aliphatic carbocycles. The van der Waals surface area contributed by atoms with Crippen molar-refractivity contribution in [2.75, 3.05) is 24.5 Å². The van der Waals surface area contributed by atoms with Crippen LogP contribution in [0.1, 0.15) is 6.92 Å². The first-order valence-corrected chi connectivity index (χ1v) is 10.0. The van der Waals surface area contributed by atoms with Crippen LogP contribution in [0.3, 0.4) is 0 Å². The van der Waals surface area contributed by atoms with Gasteiger partial charge in [-0.1, -0.05) is 23.7 Å². The van der Waals surface area contributed by atoms with E-state index in [1.54, 1.807) is 37.2 Å². The van der Waals surface area contributed by atoms with E-state index in [9.17, 15) is 4.79 Å². The van der Waals surface area contributed by atoms with Gasteiger partial charge >= 0.3 is 5.97 Å². The van der Waals surface area contributed by atoms with Gasteiger partial charge in [0.05, 0.1) is 36.5 Å². The molecule has 1 aliphatic rings. The standard InChI is InChI=1S/C23H21ClN4O3/c1-3-31-23(29)22-26-19-11-5-14(15-4-10-18(25)21(13-15)30-2)12-20(19)28(27-22)17-8-6-16(24)7-9-17/h4-13H,3,25H2,1-2H3,(H,26,27). The topological polar surface area (TPSA) is 89.2 Å². The summed E-state index contributed by atoms with van der Waals surface area (Å²) in [5.41, 5.74) is 13.6. The number of nitrogen functional groups attached to an aromatic ring is 1. The Kier molecular flexibility index (Phi) is 5.68. The van der Waals surface area contributed by atoms with E-state index in [1.807, 2.05) is 42.5 Å². The molecule has 3 N–H and O–H groups in total. The summed E-state index contributed by atoms with van der Waals surface area (Å²) in [7, 11) is 1.58. The first-order valence-electron chi connectivity index (χ1n) is 9.66. The number of nitrogens with zero attached hydrogens (tertiary/aromatic N) is 2. The maximum atomic E-state index is 12.3. The number of hydrogen-bond acceptors (Lipinski definition) is 7. The quantitative estimate of drug-likeness (QED) is 0.439. The molecule has 0 atom stereocenters. The number of hydrazine groups is 1. The van der Waals surface area contributed by atoms with Gasteiger partial charge in [-0.15, -0.1) is 0 Å². The summed E-state index contributed by atoms with van der Waals surface area (Å²) in [5.74, 6) is 0.177.